The van der Waals surface area contributed by atoms with Gasteiger partial charge in [0.05, 0.1) is 19.8 Å². The quantitative estimate of drug-likeness (QED) is 0.517. The molecule has 2 aliphatic rings. The molecule has 2 saturated heterocycles. The molecule has 168 valence electrons. The Morgan fingerprint density at radius 2 is 2.17 bits per heavy atom. The molecule has 2 heterocycles. The highest BCUT2D eigenvalue weighted by molar-refractivity contribution is 5.80. The number of aliphatic imine (C=N–C) groups is 1. The minimum absolute atomic E-state index is 0.0605. The first kappa shape index (κ1) is 22.7. The van der Waals surface area contributed by atoms with Crippen molar-refractivity contribution >= 4 is 5.96 Å². The van der Waals surface area contributed by atoms with Gasteiger partial charge in [0, 0.05) is 50.8 Å². The second kappa shape index (κ2) is 10.3. The lowest BCUT2D eigenvalue weighted by molar-refractivity contribution is -0.143. The average molecular weight is 428 g/mol. The number of aryl methyl sites for hydroxylation is 1. The summed E-state index contributed by atoms with van der Waals surface area (Å²) in [6.07, 6.45) is -2.50. The Kier molecular flexibility index (Phi) is 7.82. The molecule has 2 N–H and O–H groups in total. The average Bonchev–Trinajstić information content (AvgIpc) is 3.35. The molecule has 0 aromatic heterocycles. The molecule has 30 heavy (non-hydrogen) atoms. The number of benzene rings is 1. The SMILES string of the molecule is CN=C(NCc1ccc(C)cc1OCC1CCOC1)NC1CCN(CC(F)(F)F)C1. The number of hydrogen-bond donors (Lipinski definition) is 2. The summed E-state index contributed by atoms with van der Waals surface area (Å²) in [6, 6.07) is 6.02. The molecule has 0 spiro atoms. The van der Waals surface area contributed by atoms with E-state index in [0.717, 1.165) is 36.5 Å². The first-order chi connectivity index (χ1) is 14.3. The van der Waals surface area contributed by atoms with Crippen LogP contribution in [0.2, 0.25) is 0 Å². The number of ether oxygens (including phenoxy) is 2. The number of nitrogens with zero attached hydrogens (tertiary/aromatic N) is 2. The maximum absolute atomic E-state index is 12.6. The van der Waals surface area contributed by atoms with Crippen molar-refractivity contribution < 1.29 is 22.6 Å². The summed E-state index contributed by atoms with van der Waals surface area (Å²) in [5.74, 6) is 1.83. The molecular formula is C21H31F3N4O2. The van der Waals surface area contributed by atoms with Crippen LogP contribution in [0.1, 0.15) is 24.0 Å². The van der Waals surface area contributed by atoms with Crippen LogP contribution in [-0.4, -0.2) is 69.6 Å². The highest BCUT2D eigenvalue weighted by atomic mass is 19.4. The summed E-state index contributed by atoms with van der Waals surface area (Å²) in [5, 5.41) is 6.49. The molecule has 3 rings (SSSR count). The lowest BCUT2D eigenvalue weighted by atomic mass is 10.1. The predicted molar refractivity (Wildman–Crippen MR) is 110 cm³/mol. The summed E-state index contributed by atoms with van der Waals surface area (Å²) < 4.78 is 49.2. The molecule has 2 fully saturated rings. The Morgan fingerprint density at radius 3 is 2.87 bits per heavy atom. The van der Waals surface area contributed by atoms with Gasteiger partial charge in [0.15, 0.2) is 5.96 Å². The van der Waals surface area contributed by atoms with Gasteiger partial charge >= 0.3 is 6.18 Å². The first-order valence-electron chi connectivity index (χ1n) is 10.4. The summed E-state index contributed by atoms with van der Waals surface area (Å²) in [4.78, 5) is 5.64. The summed E-state index contributed by atoms with van der Waals surface area (Å²) in [7, 11) is 1.66. The van der Waals surface area contributed by atoms with Crippen LogP contribution in [0, 0.1) is 12.8 Å². The lowest BCUT2D eigenvalue weighted by Crippen LogP contribution is -2.45. The van der Waals surface area contributed by atoms with E-state index in [9.17, 15) is 13.2 Å². The van der Waals surface area contributed by atoms with E-state index in [2.05, 4.69) is 15.6 Å². The van der Waals surface area contributed by atoms with Gasteiger partial charge in [0.25, 0.3) is 0 Å². The minimum atomic E-state index is -4.17. The lowest BCUT2D eigenvalue weighted by Gasteiger charge is -2.20. The maximum Gasteiger partial charge on any atom is 0.401 e. The normalized spacial score (nSPS) is 23.0. The molecule has 0 radical (unpaired) electrons. The smallest absolute Gasteiger partial charge is 0.401 e. The Hall–Kier alpha value is -2.00. The molecule has 6 nitrogen and oxygen atoms in total. The highest BCUT2D eigenvalue weighted by Crippen LogP contribution is 2.23. The Bertz CT molecular complexity index is 721. The third-order valence-electron chi connectivity index (χ3n) is 5.41. The van der Waals surface area contributed by atoms with Gasteiger partial charge in [-0.25, -0.2) is 0 Å². The van der Waals surface area contributed by atoms with Gasteiger partial charge in [-0.1, -0.05) is 12.1 Å². The van der Waals surface area contributed by atoms with E-state index < -0.39 is 12.7 Å². The van der Waals surface area contributed by atoms with Crippen LogP contribution in [0.4, 0.5) is 13.2 Å². The number of nitrogens with one attached hydrogen (secondary N) is 2. The standard InChI is InChI=1S/C21H31F3N4O2/c1-15-3-4-17(19(9-15)30-13-16-6-8-29-12-16)10-26-20(25-2)27-18-5-7-28(11-18)14-21(22,23)24/h3-4,9,16,18H,5-8,10-14H2,1-2H3,(H2,25,26,27). The van der Waals surface area contributed by atoms with Gasteiger partial charge in [-0.2, -0.15) is 13.2 Å². The van der Waals surface area contributed by atoms with Crippen LogP contribution in [-0.2, 0) is 11.3 Å². The fourth-order valence-corrected chi connectivity index (χ4v) is 3.78. The number of halogens is 3. The van der Waals surface area contributed by atoms with E-state index in [1.807, 2.05) is 25.1 Å². The van der Waals surface area contributed by atoms with Crippen molar-refractivity contribution in [3.05, 3.63) is 29.3 Å². The minimum Gasteiger partial charge on any atom is -0.493 e. The molecule has 2 aliphatic heterocycles. The van der Waals surface area contributed by atoms with Crippen LogP contribution < -0.4 is 15.4 Å². The van der Waals surface area contributed by atoms with E-state index in [1.54, 1.807) is 7.05 Å². The van der Waals surface area contributed by atoms with Gasteiger partial charge in [0.1, 0.15) is 5.75 Å². The van der Waals surface area contributed by atoms with Crippen LogP contribution in [0.5, 0.6) is 5.75 Å². The molecule has 0 amide bonds. The van der Waals surface area contributed by atoms with E-state index in [0.29, 0.717) is 44.5 Å². The second-order valence-corrected chi connectivity index (χ2v) is 8.06. The van der Waals surface area contributed by atoms with Gasteiger partial charge in [-0.15, -0.1) is 0 Å². The summed E-state index contributed by atoms with van der Waals surface area (Å²) >= 11 is 0. The molecule has 2 atom stereocenters. The van der Waals surface area contributed by atoms with Crippen LogP contribution >= 0.6 is 0 Å². The molecule has 9 heteroatoms. The summed E-state index contributed by atoms with van der Waals surface area (Å²) in [6.45, 7) is 4.60. The third-order valence-corrected chi connectivity index (χ3v) is 5.41. The van der Waals surface area contributed by atoms with Gasteiger partial charge in [-0.3, -0.25) is 9.89 Å². The van der Waals surface area contributed by atoms with E-state index in [4.69, 9.17) is 9.47 Å². The van der Waals surface area contributed by atoms with Gasteiger partial charge in [-0.05, 0) is 31.4 Å². The molecule has 1 aromatic rings. The molecule has 0 aliphatic carbocycles. The first-order valence-corrected chi connectivity index (χ1v) is 10.4. The second-order valence-electron chi connectivity index (χ2n) is 8.06. The number of alkyl halides is 3. The summed E-state index contributed by atoms with van der Waals surface area (Å²) in [5.41, 5.74) is 2.13. The van der Waals surface area contributed by atoms with Crippen molar-refractivity contribution in [3.8, 4) is 5.75 Å². The highest BCUT2D eigenvalue weighted by Gasteiger charge is 2.34. The van der Waals surface area contributed by atoms with Crippen molar-refractivity contribution in [2.24, 2.45) is 10.9 Å². The van der Waals surface area contributed by atoms with E-state index in [-0.39, 0.29) is 6.04 Å². The molecule has 0 bridgehead atoms. The fourth-order valence-electron chi connectivity index (χ4n) is 3.78. The fraction of sp³-hybridized carbons (Fsp3) is 0.667. The molecule has 1 aromatic carbocycles. The monoisotopic (exact) mass is 428 g/mol. The van der Waals surface area contributed by atoms with E-state index in [1.165, 1.54) is 4.90 Å². The van der Waals surface area contributed by atoms with Gasteiger partial charge in [0.2, 0.25) is 0 Å². The van der Waals surface area contributed by atoms with Crippen LogP contribution in [0.3, 0.4) is 0 Å². The van der Waals surface area contributed by atoms with Crippen LogP contribution in [0.15, 0.2) is 23.2 Å². The Balaban J connectivity index is 1.51. The zero-order valence-electron chi connectivity index (χ0n) is 17.6. The number of likely N-dealkylation sites (tertiary alicyclic amines) is 1. The Labute approximate surface area is 175 Å². The number of hydrogen-bond acceptors (Lipinski definition) is 4. The van der Waals surface area contributed by atoms with Crippen molar-refractivity contribution in [1.29, 1.82) is 0 Å². The zero-order chi connectivity index (χ0) is 21.6. The predicted octanol–water partition coefficient (Wildman–Crippen LogP) is 2.71. The van der Waals surface area contributed by atoms with Crippen molar-refractivity contribution in [3.63, 3.8) is 0 Å². The maximum atomic E-state index is 12.6. The van der Waals surface area contributed by atoms with E-state index >= 15 is 0 Å². The van der Waals surface area contributed by atoms with Crippen molar-refractivity contribution in [2.45, 2.75) is 38.5 Å². The van der Waals surface area contributed by atoms with Crippen molar-refractivity contribution in [1.82, 2.24) is 15.5 Å². The molecule has 2 unspecified atom stereocenters. The third kappa shape index (κ3) is 7.05. The van der Waals surface area contributed by atoms with Crippen LogP contribution in [0.25, 0.3) is 0 Å². The van der Waals surface area contributed by atoms with Crippen molar-refractivity contribution in [2.75, 3.05) is 46.5 Å². The largest absolute Gasteiger partial charge is 0.493 e. The Morgan fingerprint density at radius 1 is 1.33 bits per heavy atom. The molecule has 0 saturated carbocycles. The van der Waals surface area contributed by atoms with Gasteiger partial charge < -0.3 is 20.1 Å². The molecular weight excluding hydrogens is 397 g/mol. The number of guanidine groups is 1. The number of rotatable bonds is 7. The topological polar surface area (TPSA) is 58.1 Å². The zero-order valence-corrected chi connectivity index (χ0v) is 17.6.